The molecule has 0 amide bonds. The van der Waals surface area contributed by atoms with E-state index in [1.807, 2.05) is 0 Å². The Labute approximate surface area is 322 Å². The Morgan fingerprint density at radius 2 is 0.500 bits per heavy atom. The van der Waals surface area contributed by atoms with Crippen LogP contribution in [0, 0.1) is 41.5 Å². The fourth-order valence-electron chi connectivity index (χ4n) is 6.58. The van der Waals surface area contributed by atoms with Crippen LogP contribution in [-0.2, 0) is 0 Å². The van der Waals surface area contributed by atoms with E-state index in [4.69, 9.17) is 0 Å². The number of hydrogen-bond donors (Lipinski definition) is 0. The maximum Gasteiger partial charge on any atom is 0.0464 e. The van der Waals surface area contributed by atoms with Crippen molar-refractivity contribution in [2.45, 2.75) is 41.5 Å². The van der Waals surface area contributed by atoms with Crippen molar-refractivity contribution in [2.75, 3.05) is 9.80 Å². The van der Waals surface area contributed by atoms with Gasteiger partial charge in [0.1, 0.15) is 0 Å². The molecule has 0 saturated heterocycles. The molecule has 0 bridgehead atoms. The summed E-state index contributed by atoms with van der Waals surface area (Å²) < 4.78 is 0. The monoisotopic (exact) mass is 700 g/mol. The van der Waals surface area contributed by atoms with Crippen molar-refractivity contribution >= 4 is 58.4 Å². The second-order valence-electron chi connectivity index (χ2n) is 14.4. The third-order valence-corrected chi connectivity index (χ3v) is 10.3. The van der Waals surface area contributed by atoms with Crippen LogP contribution in [0.2, 0.25) is 0 Å². The molecule has 0 atom stereocenters. The summed E-state index contributed by atoms with van der Waals surface area (Å²) in [5.41, 5.74) is 19.2. The van der Waals surface area contributed by atoms with E-state index in [0.717, 1.165) is 45.3 Å². The van der Waals surface area contributed by atoms with E-state index in [9.17, 15) is 0 Å². The van der Waals surface area contributed by atoms with Gasteiger partial charge in [0.2, 0.25) is 0 Å². The first-order valence-electron chi connectivity index (χ1n) is 18.7. The molecule has 7 aromatic rings. The second kappa shape index (κ2) is 16.1. The first kappa shape index (κ1) is 36.0. The van der Waals surface area contributed by atoms with E-state index in [2.05, 4.69) is 233 Å². The van der Waals surface area contributed by atoms with Crippen molar-refractivity contribution in [2.24, 2.45) is 0 Å². The molecule has 0 saturated carbocycles. The number of nitrogens with zero attached hydrogens (tertiary/aromatic N) is 2. The number of hydrogen-bond acceptors (Lipinski definition) is 2. The Kier molecular flexibility index (Phi) is 10.7. The van der Waals surface area contributed by atoms with E-state index < -0.39 is 0 Å². The first-order chi connectivity index (χ1) is 26.2. The first-order valence-corrected chi connectivity index (χ1v) is 18.7. The molecule has 266 valence electrons. The number of rotatable bonds is 10. The van der Waals surface area contributed by atoms with E-state index in [0.29, 0.717) is 0 Å². The van der Waals surface area contributed by atoms with Gasteiger partial charge in [0.25, 0.3) is 0 Å². The second-order valence-corrected chi connectivity index (χ2v) is 14.4. The van der Waals surface area contributed by atoms with Crippen LogP contribution in [0.5, 0.6) is 0 Å². The largest absolute Gasteiger partial charge is 0.310 e. The summed E-state index contributed by atoms with van der Waals surface area (Å²) in [5.74, 6) is 0. The molecule has 0 aromatic heterocycles. The van der Waals surface area contributed by atoms with Gasteiger partial charge < -0.3 is 9.80 Å². The molecule has 2 heteroatoms. The SMILES string of the molecule is Cc1ccc(N(c2ccc(/C=C\c3ccc(/C=C\c4ccc(N(c5ccc(C)cc5)c5ccc(C)c(C)c5)cc4)cc3)cc2)c2ccc(C)c(C)c2)cc1. The van der Waals surface area contributed by atoms with Crippen molar-refractivity contribution in [1.29, 1.82) is 0 Å². The Morgan fingerprint density at radius 3 is 0.778 bits per heavy atom. The van der Waals surface area contributed by atoms with Gasteiger partial charge >= 0.3 is 0 Å². The average Bonchev–Trinajstić information content (AvgIpc) is 3.19. The summed E-state index contributed by atoms with van der Waals surface area (Å²) in [4.78, 5) is 4.65. The molecule has 0 fully saturated rings. The predicted molar refractivity (Wildman–Crippen MR) is 235 cm³/mol. The third-order valence-electron chi connectivity index (χ3n) is 10.3. The summed E-state index contributed by atoms with van der Waals surface area (Å²) in [6, 6.07) is 57.1. The molecule has 54 heavy (non-hydrogen) atoms. The summed E-state index contributed by atoms with van der Waals surface area (Å²) in [7, 11) is 0. The lowest BCUT2D eigenvalue weighted by atomic mass is 10.1. The molecule has 0 N–H and O–H groups in total. The number of benzene rings is 7. The van der Waals surface area contributed by atoms with E-state index in [-0.39, 0.29) is 0 Å². The Balaban J connectivity index is 1.03. The van der Waals surface area contributed by atoms with Gasteiger partial charge in [-0.15, -0.1) is 0 Å². The van der Waals surface area contributed by atoms with Gasteiger partial charge in [-0.25, -0.2) is 0 Å². The average molecular weight is 701 g/mol. The van der Waals surface area contributed by atoms with Crippen LogP contribution in [0.3, 0.4) is 0 Å². The number of anilines is 6. The molecule has 0 aliphatic heterocycles. The van der Waals surface area contributed by atoms with Gasteiger partial charge in [0.05, 0.1) is 0 Å². The molecular formula is C52H48N2. The van der Waals surface area contributed by atoms with Crippen molar-refractivity contribution in [1.82, 2.24) is 0 Å². The van der Waals surface area contributed by atoms with Crippen molar-refractivity contribution in [3.05, 3.63) is 213 Å². The maximum atomic E-state index is 2.33. The molecule has 0 aliphatic carbocycles. The topological polar surface area (TPSA) is 6.48 Å². The zero-order valence-corrected chi connectivity index (χ0v) is 32.2. The smallest absolute Gasteiger partial charge is 0.0464 e. The highest BCUT2D eigenvalue weighted by Crippen LogP contribution is 2.37. The molecule has 0 radical (unpaired) electrons. The minimum absolute atomic E-state index is 1.13. The van der Waals surface area contributed by atoms with Gasteiger partial charge in [-0.2, -0.15) is 0 Å². The molecule has 0 unspecified atom stereocenters. The van der Waals surface area contributed by atoms with Crippen LogP contribution in [-0.4, -0.2) is 0 Å². The van der Waals surface area contributed by atoms with Crippen molar-refractivity contribution in [3.63, 3.8) is 0 Å². The van der Waals surface area contributed by atoms with Gasteiger partial charge in [-0.05, 0) is 159 Å². The fraction of sp³-hybridized carbons (Fsp3) is 0.115. The quantitative estimate of drug-likeness (QED) is 0.131. The highest BCUT2D eigenvalue weighted by atomic mass is 15.1. The van der Waals surface area contributed by atoms with E-state index in [1.165, 1.54) is 44.5 Å². The van der Waals surface area contributed by atoms with Crippen LogP contribution >= 0.6 is 0 Å². The van der Waals surface area contributed by atoms with Gasteiger partial charge in [0, 0.05) is 34.1 Å². The zero-order chi connectivity index (χ0) is 37.6. The van der Waals surface area contributed by atoms with Gasteiger partial charge in [-0.1, -0.05) is 120 Å². The lowest BCUT2D eigenvalue weighted by Crippen LogP contribution is -2.10. The van der Waals surface area contributed by atoms with Crippen LogP contribution in [0.1, 0.15) is 55.6 Å². The number of aryl methyl sites for hydroxylation is 6. The normalized spacial score (nSPS) is 11.4. The third kappa shape index (κ3) is 8.46. The summed E-state index contributed by atoms with van der Waals surface area (Å²) in [6.07, 6.45) is 8.72. The minimum atomic E-state index is 1.13. The Bertz CT molecular complexity index is 2220. The van der Waals surface area contributed by atoms with Gasteiger partial charge in [-0.3, -0.25) is 0 Å². The molecular weight excluding hydrogens is 653 g/mol. The van der Waals surface area contributed by atoms with E-state index in [1.54, 1.807) is 0 Å². The molecule has 0 spiro atoms. The molecule has 7 rings (SSSR count). The Morgan fingerprint density at radius 1 is 0.259 bits per heavy atom. The highest BCUT2D eigenvalue weighted by molar-refractivity contribution is 5.80. The fourth-order valence-corrected chi connectivity index (χ4v) is 6.58. The lowest BCUT2D eigenvalue weighted by molar-refractivity contribution is 1.24. The predicted octanol–water partition coefficient (Wildman–Crippen LogP) is 14.8. The van der Waals surface area contributed by atoms with Crippen molar-refractivity contribution in [3.8, 4) is 0 Å². The van der Waals surface area contributed by atoms with E-state index >= 15 is 0 Å². The van der Waals surface area contributed by atoms with Crippen LogP contribution in [0.25, 0.3) is 24.3 Å². The standard InChI is InChI=1S/C52H48N2/c1-37-7-25-47(26-8-37)53(51-29-11-39(3)41(5)35-51)49-31-21-45(22-32-49)19-17-43-13-15-44(16-14-43)18-20-46-23-33-50(34-24-46)54(48-27-9-38(2)10-28-48)52-30-12-40(4)42(6)36-52/h7-36H,1-6H3/b19-17-,20-18-. The van der Waals surface area contributed by atoms with Gasteiger partial charge in [0.15, 0.2) is 0 Å². The van der Waals surface area contributed by atoms with Crippen molar-refractivity contribution < 1.29 is 0 Å². The summed E-state index contributed by atoms with van der Waals surface area (Å²) >= 11 is 0. The van der Waals surface area contributed by atoms with Crippen LogP contribution < -0.4 is 9.80 Å². The molecule has 0 heterocycles. The Hall–Kier alpha value is -6.38. The zero-order valence-electron chi connectivity index (χ0n) is 32.2. The van der Waals surface area contributed by atoms with Crippen LogP contribution in [0.4, 0.5) is 34.1 Å². The molecule has 7 aromatic carbocycles. The maximum absolute atomic E-state index is 2.33. The van der Waals surface area contributed by atoms with Crippen LogP contribution in [0.15, 0.2) is 158 Å². The summed E-state index contributed by atoms with van der Waals surface area (Å²) in [6.45, 7) is 12.9. The summed E-state index contributed by atoms with van der Waals surface area (Å²) in [5, 5.41) is 0. The molecule has 2 nitrogen and oxygen atoms in total. The minimum Gasteiger partial charge on any atom is -0.310 e. The molecule has 0 aliphatic rings. The highest BCUT2D eigenvalue weighted by Gasteiger charge is 2.14. The lowest BCUT2D eigenvalue weighted by Gasteiger charge is -2.26.